The number of nitrogens with zero attached hydrogens (tertiary/aromatic N) is 5. The van der Waals surface area contributed by atoms with Gasteiger partial charge in [0.05, 0.1) is 23.5 Å². The fraction of sp³-hybridized carbons (Fsp3) is 0.350. The lowest BCUT2D eigenvalue weighted by molar-refractivity contribution is 0.0846. The molecule has 0 spiro atoms. The third kappa shape index (κ3) is 9.77. The van der Waals surface area contributed by atoms with Crippen LogP contribution in [0.15, 0.2) is 85.5 Å². The molecule has 0 aliphatic carbocycles. The number of aromatic nitrogens is 6. The van der Waals surface area contributed by atoms with Crippen LogP contribution < -0.4 is 10.6 Å². The second kappa shape index (κ2) is 15.6. The highest BCUT2D eigenvalue weighted by Crippen LogP contribution is 2.29. The van der Waals surface area contributed by atoms with Gasteiger partial charge in [-0.2, -0.15) is 0 Å². The number of ketones is 2. The van der Waals surface area contributed by atoms with Gasteiger partial charge in [0.2, 0.25) is 0 Å². The number of ether oxygens (including phenoxy) is 1. The zero-order valence-corrected chi connectivity index (χ0v) is 32.7. The van der Waals surface area contributed by atoms with Crippen molar-refractivity contribution in [1.29, 1.82) is 0 Å². The Hall–Kier alpha value is -5.20. The summed E-state index contributed by atoms with van der Waals surface area (Å²) in [5.74, 6) is 1.31. The van der Waals surface area contributed by atoms with Crippen LogP contribution in [0.5, 0.6) is 0 Å². The first kappa shape index (κ1) is 38.0. The van der Waals surface area contributed by atoms with Crippen molar-refractivity contribution in [3.8, 4) is 0 Å². The van der Waals surface area contributed by atoms with Crippen molar-refractivity contribution in [3.63, 3.8) is 0 Å². The molecule has 0 amide bonds. The van der Waals surface area contributed by atoms with Gasteiger partial charge < -0.3 is 24.9 Å². The van der Waals surface area contributed by atoms with E-state index in [1.807, 2.05) is 113 Å². The summed E-state index contributed by atoms with van der Waals surface area (Å²) >= 11 is 0. The molecular weight excluding hydrogens is 669 g/mol. The van der Waals surface area contributed by atoms with Gasteiger partial charge in [-0.1, -0.05) is 97.6 Å². The number of rotatable bonds is 11. The van der Waals surface area contributed by atoms with E-state index in [1.165, 1.54) is 0 Å². The highest BCUT2D eigenvalue weighted by Gasteiger charge is 2.28. The first-order chi connectivity index (χ1) is 24.5. The van der Waals surface area contributed by atoms with Crippen LogP contribution in [0.2, 0.25) is 25.7 Å². The van der Waals surface area contributed by atoms with Crippen molar-refractivity contribution in [2.75, 3.05) is 17.2 Å². The number of Topliss-reactive ketones (excluding diaryl/α,β-unsaturated/α-hetero) is 2. The van der Waals surface area contributed by atoms with E-state index in [4.69, 9.17) is 9.72 Å². The van der Waals surface area contributed by atoms with Gasteiger partial charge >= 0.3 is 0 Å². The smallest absolute Gasteiger partial charge is 0.171 e. The van der Waals surface area contributed by atoms with E-state index in [1.54, 1.807) is 18.6 Å². The normalized spacial score (nSPS) is 12.0. The zero-order valence-electron chi connectivity index (χ0n) is 31.7. The van der Waals surface area contributed by atoms with Crippen LogP contribution in [0.4, 0.5) is 23.0 Å². The lowest BCUT2D eigenvalue weighted by atomic mass is 9.87. The van der Waals surface area contributed by atoms with Crippen LogP contribution >= 0.6 is 0 Å². The Morgan fingerprint density at radius 3 is 1.81 bits per heavy atom. The number of hydrogen-bond donors (Lipinski definition) is 3. The maximum absolute atomic E-state index is 13.1. The second-order valence-corrected chi connectivity index (χ2v) is 21.7. The molecule has 0 saturated heterocycles. The monoisotopic (exact) mass is 718 g/mol. The number of nitrogens with one attached hydrogen (secondary N) is 3. The quantitative estimate of drug-likeness (QED) is 0.0679. The van der Waals surface area contributed by atoms with Crippen molar-refractivity contribution >= 4 is 65.0 Å². The SMILES string of the molecule is CC(C)(C)C(=O)c1c[nH]c2ncc(Nc3ccccc3)nc12.CC(C)(C)C(=O)c1cn(COCC[Si](C)(C)C)c2ncc(Nc3ccccc3)nc12. The van der Waals surface area contributed by atoms with Crippen molar-refractivity contribution in [2.24, 2.45) is 10.8 Å². The van der Waals surface area contributed by atoms with Crippen molar-refractivity contribution in [3.05, 3.63) is 96.6 Å². The lowest BCUT2D eigenvalue weighted by Crippen LogP contribution is -2.22. The Balaban J connectivity index is 0.000000210. The first-order valence-corrected chi connectivity index (χ1v) is 21.2. The summed E-state index contributed by atoms with van der Waals surface area (Å²) in [5, 5.41) is 6.45. The lowest BCUT2D eigenvalue weighted by Gasteiger charge is -2.16. The predicted molar refractivity (Wildman–Crippen MR) is 213 cm³/mol. The molecule has 0 fully saturated rings. The third-order valence-electron chi connectivity index (χ3n) is 8.12. The van der Waals surface area contributed by atoms with Crippen molar-refractivity contribution in [2.45, 2.75) is 74.0 Å². The highest BCUT2D eigenvalue weighted by molar-refractivity contribution is 6.76. The molecule has 3 N–H and O–H groups in total. The molecule has 4 heterocycles. The minimum absolute atomic E-state index is 0.0412. The first-order valence-electron chi connectivity index (χ1n) is 17.5. The number of hydrogen-bond acceptors (Lipinski definition) is 9. The van der Waals surface area contributed by atoms with E-state index < -0.39 is 18.9 Å². The van der Waals surface area contributed by atoms with Crippen LogP contribution in [-0.4, -0.2) is 55.7 Å². The molecule has 0 radical (unpaired) electrons. The summed E-state index contributed by atoms with van der Waals surface area (Å²) in [6.07, 6.45) is 6.86. The fourth-order valence-corrected chi connectivity index (χ4v) is 5.95. The van der Waals surface area contributed by atoms with E-state index in [2.05, 4.69) is 50.2 Å². The molecule has 0 aliphatic rings. The Morgan fingerprint density at radius 1 is 0.750 bits per heavy atom. The maximum Gasteiger partial charge on any atom is 0.171 e. The van der Waals surface area contributed by atoms with Gasteiger partial charge in [-0.25, -0.2) is 19.9 Å². The molecule has 0 atom stereocenters. The van der Waals surface area contributed by atoms with Crippen LogP contribution in [-0.2, 0) is 11.5 Å². The molecule has 12 heteroatoms. The van der Waals surface area contributed by atoms with Crippen LogP contribution in [0.1, 0.15) is 62.3 Å². The average Bonchev–Trinajstić information content (AvgIpc) is 3.67. The van der Waals surface area contributed by atoms with Gasteiger partial charge in [-0.05, 0) is 30.3 Å². The molecule has 4 aromatic heterocycles. The van der Waals surface area contributed by atoms with Crippen LogP contribution in [0.3, 0.4) is 0 Å². The molecular formula is C40H50N8O3Si. The summed E-state index contributed by atoms with van der Waals surface area (Å²) in [7, 11) is -1.16. The molecule has 52 heavy (non-hydrogen) atoms. The van der Waals surface area contributed by atoms with Gasteiger partial charge in [0.15, 0.2) is 22.9 Å². The summed E-state index contributed by atoms with van der Waals surface area (Å²) in [6, 6.07) is 20.6. The Kier molecular flexibility index (Phi) is 11.4. The molecule has 0 bridgehead atoms. The Bertz CT molecular complexity index is 2140. The zero-order chi connectivity index (χ0) is 37.7. The Morgan fingerprint density at radius 2 is 1.27 bits per heavy atom. The number of H-pyrrole nitrogens is 1. The van der Waals surface area contributed by atoms with Gasteiger partial charge in [0, 0.05) is 49.3 Å². The molecule has 2 aromatic carbocycles. The number of benzene rings is 2. The van der Waals surface area contributed by atoms with Gasteiger partial charge in [0.1, 0.15) is 29.4 Å². The predicted octanol–water partition coefficient (Wildman–Crippen LogP) is 9.65. The number of para-hydroxylation sites is 2. The van der Waals surface area contributed by atoms with Gasteiger partial charge in [-0.15, -0.1) is 0 Å². The topological polar surface area (TPSA) is 140 Å². The maximum atomic E-state index is 13.1. The third-order valence-corrected chi connectivity index (χ3v) is 9.82. The highest BCUT2D eigenvalue weighted by atomic mass is 28.3. The van der Waals surface area contributed by atoms with E-state index in [0.29, 0.717) is 58.4 Å². The number of anilines is 4. The van der Waals surface area contributed by atoms with E-state index in [9.17, 15) is 9.59 Å². The van der Waals surface area contributed by atoms with Gasteiger partial charge in [0.25, 0.3) is 0 Å². The van der Waals surface area contributed by atoms with E-state index in [-0.39, 0.29) is 11.6 Å². The summed E-state index contributed by atoms with van der Waals surface area (Å²) in [4.78, 5) is 46.8. The van der Waals surface area contributed by atoms with E-state index >= 15 is 0 Å². The minimum atomic E-state index is -1.16. The number of aromatic amines is 1. The number of carbonyl (C=O) groups excluding carboxylic acids is 2. The standard InChI is InChI=1S/C23H32N4O2Si.C17H18N4O/c1-23(2,3)21(28)18-15-27(16-29-12-13-30(4,5)6)22-20(18)26-19(14-24-22)25-17-10-8-7-9-11-17;1-17(2,3)15(22)12-9-18-16-14(12)21-13(10-19-16)20-11-7-5-4-6-8-11/h7-11,14-15H,12-13,16H2,1-6H3,(H,25,26);4-10H,1-3H3,(H,18,19)(H,20,21). The minimum Gasteiger partial charge on any atom is -0.361 e. The second-order valence-electron chi connectivity index (χ2n) is 16.1. The molecule has 0 unspecified atom stereocenters. The molecule has 6 rings (SSSR count). The molecule has 0 saturated carbocycles. The molecule has 6 aromatic rings. The molecule has 272 valence electrons. The van der Waals surface area contributed by atoms with Crippen molar-refractivity contribution in [1.82, 2.24) is 29.5 Å². The largest absolute Gasteiger partial charge is 0.361 e. The van der Waals surface area contributed by atoms with Gasteiger partial charge in [-0.3, -0.25) is 9.59 Å². The molecule has 11 nitrogen and oxygen atoms in total. The Labute approximate surface area is 306 Å². The fourth-order valence-electron chi connectivity index (χ4n) is 5.19. The van der Waals surface area contributed by atoms with E-state index in [0.717, 1.165) is 17.4 Å². The molecule has 0 aliphatic heterocycles. The number of fused-ring (bicyclic) bond motifs is 2. The number of carbonyl (C=O) groups is 2. The van der Waals surface area contributed by atoms with Crippen molar-refractivity contribution < 1.29 is 14.3 Å². The summed E-state index contributed by atoms with van der Waals surface area (Å²) in [6.45, 7) is 19.5. The van der Waals surface area contributed by atoms with Crippen LogP contribution in [0.25, 0.3) is 22.3 Å². The van der Waals surface area contributed by atoms with Crippen LogP contribution in [0, 0.1) is 10.8 Å². The summed E-state index contributed by atoms with van der Waals surface area (Å²) in [5.41, 5.74) is 4.51. The summed E-state index contributed by atoms with van der Waals surface area (Å²) < 4.78 is 7.80. The average molecular weight is 719 g/mol.